The molecule has 2 N–H and O–H groups in total. The fourth-order valence-corrected chi connectivity index (χ4v) is 1.20. The minimum absolute atomic E-state index is 0.249. The summed E-state index contributed by atoms with van der Waals surface area (Å²) in [6.07, 6.45) is -0.927. The molecule has 0 radical (unpaired) electrons. The summed E-state index contributed by atoms with van der Waals surface area (Å²) >= 11 is 0. The summed E-state index contributed by atoms with van der Waals surface area (Å²) in [5.74, 6) is -1.16. The van der Waals surface area contributed by atoms with Crippen molar-refractivity contribution in [2.24, 2.45) is 0 Å². The number of ether oxygens (including phenoxy) is 2. The van der Waals surface area contributed by atoms with Crippen LogP contribution >= 0.6 is 0 Å². The van der Waals surface area contributed by atoms with Crippen molar-refractivity contribution in [3.63, 3.8) is 0 Å². The van der Waals surface area contributed by atoms with Crippen LogP contribution in [0.2, 0.25) is 0 Å². The summed E-state index contributed by atoms with van der Waals surface area (Å²) in [7, 11) is 0. The third kappa shape index (κ3) is 3.79. The Morgan fingerprint density at radius 3 is 2.71 bits per heavy atom. The van der Waals surface area contributed by atoms with E-state index in [9.17, 15) is 9.59 Å². The summed E-state index contributed by atoms with van der Waals surface area (Å²) in [5.41, 5.74) is 6.30. The van der Waals surface area contributed by atoms with Gasteiger partial charge in [-0.1, -0.05) is 6.07 Å². The summed E-state index contributed by atoms with van der Waals surface area (Å²) in [5, 5.41) is 0. The molecule has 1 rings (SSSR count). The van der Waals surface area contributed by atoms with Gasteiger partial charge in [-0.15, -0.1) is 0 Å². The standard InChI is InChI=1S/C12H15NO4/c1-3-16-11(14)8(2)17-12(15)9-5-4-6-10(13)7-9/h4-8H,3,13H2,1-2H3. The van der Waals surface area contributed by atoms with Crippen molar-refractivity contribution < 1.29 is 19.1 Å². The molecular formula is C12H15NO4. The first-order chi connectivity index (χ1) is 8.04. The summed E-state index contributed by atoms with van der Waals surface area (Å²) in [6.45, 7) is 3.39. The number of anilines is 1. The first kappa shape index (κ1) is 13.0. The van der Waals surface area contributed by atoms with Gasteiger partial charge in [0.15, 0.2) is 6.10 Å². The molecule has 0 bridgehead atoms. The maximum atomic E-state index is 11.6. The Morgan fingerprint density at radius 2 is 2.12 bits per heavy atom. The Morgan fingerprint density at radius 1 is 1.41 bits per heavy atom. The Kier molecular flexibility index (Phi) is 4.51. The smallest absolute Gasteiger partial charge is 0.347 e. The van der Waals surface area contributed by atoms with Crippen LogP contribution in [-0.2, 0) is 14.3 Å². The third-order valence-corrected chi connectivity index (χ3v) is 2.02. The van der Waals surface area contributed by atoms with E-state index < -0.39 is 18.0 Å². The number of hydrogen-bond donors (Lipinski definition) is 1. The van der Waals surface area contributed by atoms with E-state index in [4.69, 9.17) is 15.2 Å². The molecule has 5 heteroatoms. The van der Waals surface area contributed by atoms with Crippen LogP contribution in [0.4, 0.5) is 5.69 Å². The van der Waals surface area contributed by atoms with Gasteiger partial charge in [-0.3, -0.25) is 0 Å². The zero-order valence-electron chi connectivity index (χ0n) is 9.80. The normalized spacial score (nSPS) is 11.6. The van der Waals surface area contributed by atoms with Gasteiger partial charge < -0.3 is 15.2 Å². The summed E-state index contributed by atoms with van der Waals surface area (Å²) in [6, 6.07) is 6.35. The molecule has 0 aliphatic heterocycles. The fourth-order valence-electron chi connectivity index (χ4n) is 1.20. The average Bonchev–Trinajstić information content (AvgIpc) is 2.29. The SMILES string of the molecule is CCOC(=O)C(C)OC(=O)c1cccc(N)c1. The molecule has 92 valence electrons. The van der Waals surface area contributed by atoms with Crippen molar-refractivity contribution in [3.05, 3.63) is 29.8 Å². The highest BCUT2D eigenvalue weighted by Gasteiger charge is 2.19. The van der Waals surface area contributed by atoms with Gasteiger partial charge in [-0.05, 0) is 32.0 Å². The van der Waals surface area contributed by atoms with Gasteiger partial charge in [0, 0.05) is 5.69 Å². The average molecular weight is 237 g/mol. The van der Waals surface area contributed by atoms with Crippen LogP contribution in [0.15, 0.2) is 24.3 Å². The molecule has 0 aromatic heterocycles. The monoisotopic (exact) mass is 237 g/mol. The van der Waals surface area contributed by atoms with Gasteiger partial charge >= 0.3 is 11.9 Å². The van der Waals surface area contributed by atoms with E-state index in [1.54, 1.807) is 25.1 Å². The highest BCUT2D eigenvalue weighted by atomic mass is 16.6. The van der Waals surface area contributed by atoms with Gasteiger partial charge in [0.05, 0.1) is 12.2 Å². The van der Waals surface area contributed by atoms with Gasteiger partial charge in [0.1, 0.15) is 0 Å². The molecule has 0 fully saturated rings. The molecule has 0 spiro atoms. The molecular weight excluding hydrogens is 222 g/mol. The zero-order valence-corrected chi connectivity index (χ0v) is 9.80. The van der Waals surface area contributed by atoms with Crippen molar-refractivity contribution >= 4 is 17.6 Å². The number of benzene rings is 1. The van der Waals surface area contributed by atoms with Crippen LogP contribution < -0.4 is 5.73 Å². The molecule has 0 saturated heterocycles. The quantitative estimate of drug-likeness (QED) is 0.632. The Labute approximate surface area is 99.5 Å². The van der Waals surface area contributed by atoms with Crippen LogP contribution in [0.25, 0.3) is 0 Å². The molecule has 17 heavy (non-hydrogen) atoms. The minimum atomic E-state index is -0.927. The van der Waals surface area contributed by atoms with Crippen LogP contribution in [0.1, 0.15) is 24.2 Å². The minimum Gasteiger partial charge on any atom is -0.463 e. The van der Waals surface area contributed by atoms with Crippen LogP contribution in [0, 0.1) is 0 Å². The van der Waals surface area contributed by atoms with E-state index in [1.807, 2.05) is 0 Å². The second-order valence-electron chi connectivity index (χ2n) is 3.43. The van der Waals surface area contributed by atoms with Crippen molar-refractivity contribution in [3.8, 4) is 0 Å². The maximum Gasteiger partial charge on any atom is 0.347 e. The molecule has 5 nitrogen and oxygen atoms in total. The van der Waals surface area contributed by atoms with Gasteiger partial charge in [0.2, 0.25) is 0 Å². The van der Waals surface area contributed by atoms with E-state index in [0.29, 0.717) is 11.3 Å². The predicted octanol–water partition coefficient (Wildman–Crippen LogP) is 1.38. The number of hydrogen-bond acceptors (Lipinski definition) is 5. The predicted molar refractivity (Wildman–Crippen MR) is 62.4 cm³/mol. The second kappa shape index (κ2) is 5.89. The van der Waals surface area contributed by atoms with E-state index in [2.05, 4.69) is 0 Å². The van der Waals surface area contributed by atoms with Crippen LogP contribution in [-0.4, -0.2) is 24.6 Å². The Balaban J connectivity index is 2.63. The number of nitrogen functional groups attached to an aromatic ring is 1. The van der Waals surface area contributed by atoms with E-state index in [-0.39, 0.29) is 6.61 Å². The summed E-state index contributed by atoms with van der Waals surface area (Å²) < 4.78 is 9.66. The van der Waals surface area contributed by atoms with Crippen LogP contribution in [0.3, 0.4) is 0 Å². The lowest BCUT2D eigenvalue weighted by Gasteiger charge is -2.11. The molecule has 0 amide bonds. The molecule has 0 aliphatic carbocycles. The van der Waals surface area contributed by atoms with E-state index in [0.717, 1.165) is 0 Å². The number of carbonyl (C=O) groups is 2. The highest BCUT2D eigenvalue weighted by molar-refractivity contribution is 5.92. The Hall–Kier alpha value is -2.04. The van der Waals surface area contributed by atoms with E-state index >= 15 is 0 Å². The molecule has 1 unspecified atom stereocenters. The Bertz CT molecular complexity index is 417. The molecule has 0 saturated carbocycles. The van der Waals surface area contributed by atoms with Crippen molar-refractivity contribution in [1.82, 2.24) is 0 Å². The highest BCUT2D eigenvalue weighted by Crippen LogP contribution is 2.09. The van der Waals surface area contributed by atoms with E-state index in [1.165, 1.54) is 13.0 Å². The van der Waals surface area contributed by atoms with Gasteiger partial charge in [-0.25, -0.2) is 9.59 Å². The van der Waals surface area contributed by atoms with Crippen molar-refractivity contribution in [2.75, 3.05) is 12.3 Å². The fraction of sp³-hybridized carbons (Fsp3) is 0.333. The first-order valence-corrected chi connectivity index (χ1v) is 5.27. The number of carbonyl (C=O) groups excluding carboxylic acids is 2. The largest absolute Gasteiger partial charge is 0.463 e. The lowest BCUT2D eigenvalue weighted by atomic mass is 10.2. The molecule has 1 aromatic rings. The third-order valence-electron chi connectivity index (χ3n) is 2.02. The van der Waals surface area contributed by atoms with Crippen LogP contribution in [0.5, 0.6) is 0 Å². The molecule has 1 aromatic carbocycles. The molecule has 0 heterocycles. The van der Waals surface area contributed by atoms with Gasteiger partial charge in [-0.2, -0.15) is 0 Å². The van der Waals surface area contributed by atoms with Gasteiger partial charge in [0.25, 0.3) is 0 Å². The maximum absolute atomic E-state index is 11.6. The van der Waals surface area contributed by atoms with Crippen molar-refractivity contribution in [1.29, 1.82) is 0 Å². The first-order valence-electron chi connectivity index (χ1n) is 5.27. The molecule has 1 atom stereocenters. The topological polar surface area (TPSA) is 78.6 Å². The lowest BCUT2D eigenvalue weighted by molar-refractivity contribution is -0.152. The zero-order chi connectivity index (χ0) is 12.8. The second-order valence-corrected chi connectivity index (χ2v) is 3.43. The summed E-state index contributed by atoms with van der Waals surface area (Å²) in [4.78, 5) is 22.9. The van der Waals surface area contributed by atoms with Crippen molar-refractivity contribution in [2.45, 2.75) is 20.0 Å². The number of rotatable bonds is 4. The lowest BCUT2D eigenvalue weighted by Crippen LogP contribution is -2.26. The molecule has 0 aliphatic rings. The number of nitrogens with two attached hydrogens (primary N) is 1. The number of esters is 2.